The predicted octanol–water partition coefficient (Wildman–Crippen LogP) is 1.86. The molecular formula is C17H21N3O2. The molecule has 0 unspecified atom stereocenters. The Hall–Kier alpha value is -2.17. The fourth-order valence-electron chi connectivity index (χ4n) is 3.07. The summed E-state index contributed by atoms with van der Waals surface area (Å²) in [7, 11) is 0. The molecular weight excluding hydrogens is 278 g/mol. The van der Waals surface area contributed by atoms with Crippen LogP contribution in [0.4, 0.5) is 0 Å². The molecule has 1 saturated heterocycles. The average Bonchev–Trinajstić information content (AvgIpc) is 2.84. The smallest absolute Gasteiger partial charge is 0.259 e. The summed E-state index contributed by atoms with van der Waals surface area (Å²) < 4.78 is 0. The molecule has 22 heavy (non-hydrogen) atoms. The van der Waals surface area contributed by atoms with Crippen molar-refractivity contribution in [2.24, 2.45) is 5.10 Å². The van der Waals surface area contributed by atoms with Crippen molar-refractivity contribution in [2.45, 2.75) is 38.5 Å². The number of rotatable bonds is 3. The molecule has 0 radical (unpaired) electrons. The summed E-state index contributed by atoms with van der Waals surface area (Å²) >= 11 is 0. The summed E-state index contributed by atoms with van der Waals surface area (Å²) in [6, 6.07) is 8.13. The number of carbonyl (C=O) groups excluding carboxylic acids is 2. The number of nitrogens with one attached hydrogen (secondary N) is 1. The summed E-state index contributed by atoms with van der Waals surface area (Å²) in [6.45, 7) is 0.781. The van der Waals surface area contributed by atoms with E-state index in [4.69, 9.17) is 0 Å². The first-order valence-electron chi connectivity index (χ1n) is 7.95. The maximum atomic E-state index is 12.0. The molecule has 0 spiro atoms. The van der Waals surface area contributed by atoms with Gasteiger partial charge >= 0.3 is 0 Å². The van der Waals surface area contributed by atoms with Crippen molar-refractivity contribution in [1.82, 2.24) is 10.3 Å². The Morgan fingerprint density at radius 3 is 2.91 bits per heavy atom. The third-order valence-corrected chi connectivity index (χ3v) is 4.28. The molecule has 0 aromatic heterocycles. The second-order valence-electron chi connectivity index (χ2n) is 5.88. The number of aryl methyl sites for hydroxylation is 1. The van der Waals surface area contributed by atoms with Gasteiger partial charge in [-0.1, -0.05) is 30.7 Å². The van der Waals surface area contributed by atoms with E-state index in [9.17, 15) is 9.59 Å². The molecule has 3 rings (SSSR count). The van der Waals surface area contributed by atoms with E-state index < -0.39 is 0 Å². The summed E-state index contributed by atoms with van der Waals surface area (Å²) in [5, 5.41) is 4.26. The normalized spacial score (nSPS) is 19.9. The zero-order chi connectivity index (χ0) is 15.4. The highest BCUT2D eigenvalue weighted by atomic mass is 16.2. The Kier molecular flexibility index (Phi) is 4.51. The second-order valence-corrected chi connectivity index (χ2v) is 5.88. The number of hydrogen-bond donors (Lipinski definition) is 1. The highest BCUT2D eigenvalue weighted by molar-refractivity contribution is 6.04. The summed E-state index contributed by atoms with van der Waals surface area (Å²) in [5.74, 6) is -0.140. The molecule has 2 amide bonds. The van der Waals surface area contributed by atoms with Crippen LogP contribution in [0.25, 0.3) is 0 Å². The number of benzene rings is 1. The van der Waals surface area contributed by atoms with Crippen LogP contribution in [0.3, 0.4) is 0 Å². The lowest BCUT2D eigenvalue weighted by Gasteiger charge is -2.19. The molecule has 1 heterocycles. The van der Waals surface area contributed by atoms with E-state index in [0.29, 0.717) is 13.0 Å². The zero-order valence-electron chi connectivity index (χ0n) is 12.7. The van der Waals surface area contributed by atoms with Crippen molar-refractivity contribution in [3.63, 3.8) is 0 Å². The van der Waals surface area contributed by atoms with E-state index in [1.807, 2.05) is 18.2 Å². The van der Waals surface area contributed by atoms with Crippen LogP contribution >= 0.6 is 0 Å². The van der Waals surface area contributed by atoms with Crippen LogP contribution in [0.1, 0.15) is 43.2 Å². The summed E-state index contributed by atoms with van der Waals surface area (Å²) in [4.78, 5) is 25.6. The van der Waals surface area contributed by atoms with Crippen molar-refractivity contribution < 1.29 is 9.59 Å². The highest BCUT2D eigenvalue weighted by Gasteiger charge is 2.20. The molecule has 2 aliphatic rings. The van der Waals surface area contributed by atoms with Gasteiger partial charge in [0.05, 0.1) is 5.71 Å². The molecule has 0 saturated carbocycles. The lowest BCUT2D eigenvalue weighted by Crippen LogP contribution is -2.39. The first kappa shape index (κ1) is 14.8. The minimum atomic E-state index is -0.216. The molecule has 1 aromatic rings. The molecule has 1 aliphatic heterocycles. The predicted molar refractivity (Wildman–Crippen MR) is 84.5 cm³/mol. The molecule has 1 aromatic carbocycles. The van der Waals surface area contributed by atoms with E-state index in [-0.39, 0.29) is 18.4 Å². The molecule has 1 aliphatic carbocycles. The monoisotopic (exact) mass is 299 g/mol. The van der Waals surface area contributed by atoms with E-state index in [1.54, 1.807) is 4.90 Å². The van der Waals surface area contributed by atoms with Crippen molar-refractivity contribution in [3.05, 3.63) is 35.4 Å². The van der Waals surface area contributed by atoms with Gasteiger partial charge < -0.3 is 4.90 Å². The Morgan fingerprint density at radius 1 is 1.14 bits per heavy atom. The van der Waals surface area contributed by atoms with Crippen molar-refractivity contribution in [2.75, 3.05) is 13.1 Å². The van der Waals surface area contributed by atoms with Crippen LogP contribution < -0.4 is 5.43 Å². The van der Waals surface area contributed by atoms with Gasteiger partial charge in [0.25, 0.3) is 5.91 Å². The highest BCUT2D eigenvalue weighted by Crippen LogP contribution is 2.21. The van der Waals surface area contributed by atoms with Gasteiger partial charge in [0.1, 0.15) is 6.54 Å². The molecule has 0 bridgehead atoms. The standard InChI is InChI=1S/C17H21N3O2/c21-16(12-20-11-5-1-2-8-17(20)22)19-18-15-10-9-13-6-3-4-7-14(13)15/h3-4,6-7H,1-2,5,8-12H2,(H,19,21)/b18-15-. The minimum absolute atomic E-state index is 0.0755. The van der Waals surface area contributed by atoms with Gasteiger partial charge in [0.15, 0.2) is 0 Å². The fourth-order valence-corrected chi connectivity index (χ4v) is 3.07. The van der Waals surface area contributed by atoms with E-state index in [1.165, 1.54) is 5.56 Å². The number of amides is 2. The molecule has 0 atom stereocenters. The topological polar surface area (TPSA) is 61.8 Å². The average molecular weight is 299 g/mol. The molecule has 5 nitrogen and oxygen atoms in total. The minimum Gasteiger partial charge on any atom is -0.333 e. The quantitative estimate of drug-likeness (QED) is 0.866. The van der Waals surface area contributed by atoms with Crippen LogP contribution in [0.5, 0.6) is 0 Å². The number of nitrogens with zero attached hydrogens (tertiary/aromatic N) is 2. The van der Waals surface area contributed by atoms with E-state index in [0.717, 1.165) is 43.4 Å². The molecule has 1 fully saturated rings. The van der Waals surface area contributed by atoms with Gasteiger partial charge in [-0.2, -0.15) is 5.10 Å². The largest absolute Gasteiger partial charge is 0.333 e. The van der Waals surface area contributed by atoms with Crippen molar-refractivity contribution in [3.8, 4) is 0 Å². The van der Waals surface area contributed by atoms with Crippen LogP contribution in [-0.2, 0) is 16.0 Å². The number of fused-ring (bicyclic) bond motifs is 1. The molecule has 116 valence electrons. The van der Waals surface area contributed by atoms with Crippen LogP contribution in [-0.4, -0.2) is 35.5 Å². The molecule has 1 N–H and O–H groups in total. The second kappa shape index (κ2) is 6.73. The molecule has 5 heteroatoms. The van der Waals surface area contributed by atoms with Gasteiger partial charge in [0.2, 0.25) is 5.91 Å². The Morgan fingerprint density at radius 2 is 2.00 bits per heavy atom. The Balaban J connectivity index is 1.58. The van der Waals surface area contributed by atoms with Gasteiger partial charge in [-0.05, 0) is 31.2 Å². The van der Waals surface area contributed by atoms with Crippen LogP contribution in [0.2, 0.25) is 0 Å². The maximum Gasteiger partial charge on any atom is 0.259 e. The lowest BCUT2D eigenvalue weighted by atomic mass is 10.1. The van der Waals surface area contributed by atoms with Crippen LogP contribution in [0.15, 0.2) is 29.4 Å². The van der Waals surface area contributed by atoms with E-state index in [2.05, 4.69) is 16.6 Å². The lowest BCUT2D eigenvalue weighted by molar-refractivity contribution is -0.135. The Bertz CT molecular complexity index is 610. The first-order chi connectivity index (χ1) is 10.7. The van der Waals surface area contributed by atoms with E-state index >= 15 is 0 Å². The third kappa shape index (κ3) is 3.35. The number of hydrazone groups is 1. The Labute approximate surface area is 130 Å². The van der Waals surface area contributed by atoms with Crippen molar-refractivity contribution >= 4 is 17.5 Å². The SMILES string of the molecule is O=C(CN1CCCCCC1=O)N/N=C1/CCc2ccccc21. The maximum absolute atomic E-state index is 12.0. The third-order valence-electron chi connectivity index (χ3n) is 4.28. The summed E-state index contributed by atoms with van der Waals surface area (Å²) in [5.41, 5.74) is 5.93. The first-order valence-corrected chi connectivity index (χ1v) is 7.95. The number of likely N-dealkylation sites (tertiary alicyclic amines) is 1. The van der Waals surface area contributed by atoms with Crippen LogP contribution in [0, 0.1) is 0 Å². The van der Waals surface area contributed by atoms with Crippen molar-refractivity contribution in [1.29, 1.82) is 0 Å². The zero-order valence-corrected chi connectivity index (χ0v) is 12.7. The van der Waals surface area contributed by atoms with Gasteiger partial charge in [-0.15, -0.1) is 0 Å². The number of hydrogen-bond acceptors (Lipinski definition) is 3. The van der Waals surface area contributed by atoms with Gasteiger partial charge in [-0.3, -0.25) is 9.59 Å². The number of carbonyl (C=O) groups is 2. The van der Waals surface area contributed by atoms with Gasteiger partial charge in [-0.25, -0.2) is 5.43 Å². The summed E-state index contributed by atoms with van der Waals surface area (Å²) in [6.07, 6.45) is 5.33. The van der Waals surface area contributed by atoms with Gasteiger partial charge in [0, 0.05) is 18.5 Å². The fraction of sp³-hybridized carbons (Fsp3) is 0.471.